The minimum Gasteiger partial charge on any atom is -0.493 e. The Morgan fingerprint density at radius 1 is 1.27 bits per heavy atom. The molecule has 0 aliphatic carbocycles. The fourth-order valence-electron chi connectivity index (χ4n) is 2.55. The quantitative estimate of drug-likeness (QED) is 0.266. The van der Waals surface area contributed by atoms with Crippen LogP contribution >= 0.6 is 15.9 Å². The van der Waals surface area contributed by atoms with Gasteiger partial charge in [-0.05, 0) is 19.1 Å². The molecular weight excluding hydrogens is 462 g/mol. The van der Waals surface area contributed by atoms with Gasteiger partial charge in [0.05, 0.1) is 24.7 Å². The summed E-state index contributed by atoms with van der Waals surface area (Å²) < 4.78 is 21.5. The molecule has 0 amide bonds. The molecule has 1 aromatic heterocycles. The van der Waals surface area contributed by atoms with E-state index in [1.54, 1.807) is 19.1 Å². The molecule has 0 atom stereocenters. The van der Waals surface area contributed by atoms with E-state index in [1.165, 1.54) is 13.2 Å². The van der Waals surface area contributed by atoms with E-state index in [1.807, 2.05) is 12.1 Å². The van der Waals surface area contributed by atoms with Gasteiger partial charge >= 0.3 is 5.97 Å². The Balaban J connectivity index is 1.79. The first-order valence-electron chi connectivity index (χ1n) is 8.67. The minimum atomic E-state index is -0.937. The number of esters is 1. The normalized spacial score (nSPS) is 10.5. The van der Waals surface area contributed by atoms with Crippen molar-refractivity contribution >= 4 is 27.6 Å². The smallest absolute Gasteiger partial charge is 0.345 e. The Bertz CT molecular complexity index is 1080. The van der Waals surface area contributed by atoms with Gasteiger partial charge in [0, 0.05) is 16.1 Å². The van der Waals surface area contributed by atoms with Gasteiger partial charge in [0.2, 0.25) is 5.82 Å². The highest BCUT2D eigenvalue weighted by Crippen LogP contribution is 2.35. The maximum atomic E-state index is 12.5. The summed E-state index contributed by atoms with van der Waals surface area (Å²) in [6, 6.07) is 9.58. The van der Waals surface area contributed by atoms with Crippen molar-refractivity contribution < 1.29 is 28.5 Å². The van der Waals surface area contributed by atoms with E-state index in [2.05, 4.69) is 26.1 Å². The molecule has 0 aliphatic heterocycles. The van der Waals surface area contributed by atoms with Crippen LogP contribution in [0.4, 0.5) is 5.69 Å². The van der Waals surface area contributed by atoms with Crippen molar-refractivity contribution in [2.45, 2.75) is 13.5 Å². The fraction of sp³-hybridized carbons (Fsp3) is 0.211. The number of nitro groups is 1. The number of benzene rings is 2. The van der Waals surface area contributed by atoms with Crippen molar-refractivity contribution in [3.63, 3.8) is 0 Å². The average Bonchev–Trinajstić information content (AvgIpc) is 3.21. The first kappa shape index (κ1) is 21.2. The van der Waals surface area contributed by atoms with Crippen LogP contribution in [0.15, 0.2) is 45.4 Å². The van der Waals surface area contributed by atoms with Crippen LogP contribution in [0.1, 0.15) is 23.2 Å². The first-order valence-corrected chi connectivity index (χ1v) is 9.47. The predicted molar refractivity (Wildman–Crippen MR) is 107 cm³/mol. The molecule has 10 nitrogen and oxygen atoms in total. The van der Waals surface area contributed by atoms with E-state index in [0.717, 1.165) is 10.5 Å². The lowest BCUT2D eigenvalue weighted by Gasteiger charge is -2.11. The summed E-state index contributed by atoms with van der Waals surface area (Å²) in [5.74, 6) is -0.258. The predicted octanol–water partition coefficient (Wildman–Crippen LogP) is 4.17. The number of methoxy groups -OCH3 is 1. The molecule has 0 radical (unpaired) electrons. The fourth-order valence-corrected chi connectivity index (χ4v) is 2.95. The standard InChI is InChI=1S/C19H16BrN3O7/c1-3-28-16-8-13(14(23(25)26)9-15(16)27-2)19(24)29-10-17-21-18(22-30-17)11-5-4-6-12(20)7-11/h4-9H,3,10H2,1-2H3. The van der Waals surface area contributed by atoms with Crippen LogP contribution in [0.25, 0.3) is 11.4 Å². The Morgan fingerprint density at radius 2 is 2.07 bits per heavy atom. The lowest BCUT2D eigenvalue weighted by Crippen LogP contribution is -2.10. The number of carbonyl (C=O) groups excluding carboxylic acids is 1. The zero-order valence-electron chi connectivity index (χ0n) is 16.0. The summed E-state index contributed by atoms with van der Waals surface area (Å²) in [6.07, 6.45) is 0. The molecular formula is C19H16BrN3O7. The van der Waals surface area contributed by atoms with E-state index >= 15 is 0 Å². The molecule has 0 aliphatic rings. The third-order valence-electron chi connectivity index (χ3n) is 3.88. The molecule has 0 N–H and O–H groups in total. The molecule has 0 fully saturated rings. The van der Waals surface area contributed by atoms with Crippen LogP contribution < -0.4 is 9.47 Å². The lowest BCUT2D eigenvalue weighted by molar-refractivity contribution is -0.385. The highest BCUT2D eigenvalue weighted by molar-refractivity contribution is 9.10. The molecule has 156 valence electrons. The highest BCUT2D eigenvalue weighted by atomic mass is 79.9. The Hall–Kier alpha value is -3.47. The lowest BCUT2D eigenvalue weighted by atomic mass is 10.1. The van der Waals surface area contributed by atoms with Crippen LogP contribution in [-0.2, 0) is 11.3 Å². The van der Waals surface area contributed by atoms with Crippen molar-refractivity contribution in [3.05, 3.63) is 62.4 Å². The first-order chi connectivity index (χ1) is 14.4. The highest BCUT2D eigenvalue weighted by Gasteiger charge is 2.26. The average molecular weight is 478 g/mol. The van der Waals surface area contributed by atoms with Gasteiger partial charge in [0.15, 0.2) is 18.1 Å². The number of ether oxygens (including phenoxy) is 3. The SMILES string of the molecule is CCOc1cc(C(=O)OCc2nc(-c3cccc(Br)c3)no2)c([N+](=O)[O-])cc1OC. The van der Waals surface area contributed by atoms with E-state index in [9.17, 15) is 14.9 Å². The molecule has 2 aromatic carbocycles. The summed E-state index contributed by atoms with van der Waals surface area (Å²) in [4.78, 5) is 27.3. The summed E-state index contributed by atoms with van der Waals surface area (Å²) in [5.41, 5.74) is -0.0468. The van der Waals surface area contributed by atoms with Gasteiger partial charge < -0.3 is 18.7 Å². The minimum absolute atomic E-state index is 0.0412. The van der Waals surface area contributed by atoms with Gasteiger partial charge in [-0.25, -0.2) is 4.79 Å². The monoisotopic (exact) mass is 477 g/mol. The number of hydrogen-bond acceptors (Lipinski definition) is 9. The Labute approximate surface area is 179 Å². The van der Waals surface area contributed by atoms with Crippen LogP contribution in [0, 0.1) is 10.1 Å². The summed E-state index contributed by atoms with van der Waals surface area (Å²) >= 11 is 3.36. The second-order valence-electron chi connectivity index (χ2n) is 5.81. The van der Waals surface area contributed by atoms with Gasteiger partial charge in [0.1, 0.15) is 5.56 Å². The van der Waals surface area contributed by atoms with E-state index in [4.69, 9.17) is 18.7 Å². The van der Waals surface area contributed by atoms with Crippen molar-refractivity contribution in [1.82, 2.24) is 10.1 Å². The van der Waals surface area contributed by atoms with Crippen molar-refractivity contribution in [3.8, 4) is 22.9 Å². The second kappa shape index (κ2) is 9.35. The number of nitro benzene ring substituents is 1. The number of rotatable bonds is 8. The summed E-state index contributed by atoms with van der Waals surface area (Å²) in [6.45, 7) is 1.66. The number of halogens is 1. The molecule has 0 spiro atoms. The molecule has 3 rings (SSSR count). The summed E-state index contributed by atoms with van der Waals surface area (Å²) in [7, 11) is 1.35. The Morgan fingerprint density at radius 3 is 2.73 bits per heavy atom. The molecule has 11 heteroatoms. The maximum absolute atomic E-state index is 12.5. The molecule has 1 heterocycles. The molecule has 0 saturated carbocycles. The zero-order valence-corrected chi connectivity index (χ0v) is 17.5. The second-order valence-corrected chi connectivity index (χ2v) is 6.72. The van der Waals surface area contributed by atoms with Crippen LogP contribution in [0.2, 0.25) is 0 Å². The molecule has 30 heavy (non-hydrogen) atoms. The number of hydrogen-bond donors (Lipinski definition) is 0. The van der Waals surface area contributed by atoms with Gasteiger partial charge in [-0.2, -0.15) is 4.98 Å². The van der Waals surface area contributed by atoms with Gasteiger partial charge in [-0.1, -0.05) is 33.2 Å². The number of nitrogens with zero attached hydrogens (tertiary/aromatic N) is 3. The number of carbonyl (C=O) groups is 1. The molecule has 0 unspecified atom stereocenters. The third-order valence-corrected chi connectivity index (χ3v) is 4.37. The molecule has 3 aromatic rings. The van der Waals surface area contributed by atoms with Crippen molar-refractivity contribution in [2.75, 3.05) is 13.7 Å². The summed E-state index contributed by atoms with van der Waals surface area (Å²) in [5, 5.41) is 15.2. The van der Waals surface area contributed by atoms with Crippen molar-refractivity contribution in [1.29, 1.82) is 0 Å². The van der Waals surface area contributed by atoms with Gasteiger partial charge in [-0.3, -0.25) is 10.1 Å². The molecule has 0 bridgehead atoms. The number of aromatic nitrogens is 2. The topological polar surface area (TPSA) is 127 Å². The molecule has 0 saturated heterocycles. The van der Waals surface area contributed by atoms with E-state index in [-0.39, 0.29) is 36.2 Å². The maximum Gasteiger partial charge on any atom is 0.345 e. The zero-order chi connectivity index (χ0) is 21.7. The largest absolute Gasteiger partial charge is 0.493 e. The van der Waals surface area contributed by atoms with Crippen molar-refractivity contribution in [2.24, 2.45) is 0 Å². The third kappa shape index (κ3) is 4.74. The van der Waals surface area contributed by atoms with Crippen LogP contribution in [-0.4, -0.2) is 34.7 Å². The van der Waals surface area contributed by atoms with E-state index < -0.39 is 16.6 Å². The van der Waals surface area contributed by atoms with Gasteiger partial charge in [-0.15, -0.1) is 0 Å². The van der Waals surface area contributed by atoms with Crippen LogP contribution in [0.5, 0.6) is 11.5 Å². The van der Waals surface area contributed by atoms with E-state index in [0.29, 0.717) is 11.4 Å². The Kier molecular flexibility index (Phi) is 6.62. The van der Waals surface area contributed by atoms with Gasteiger partial charge in [0.25, 0.3) is 11.6 Å². The van der Waals surface area contributed by atoms with Crippen LogP contribution in [0.3, 0.4) is 0 Å².